The normalized spacial score (nSPS) is 12.8. The molecule has 0 spiro atoms. The van der Waals surface area contributed by atoms with E-state index in [2.05, 4.69) is 11.3 Å². The molecule has 0 aromatic rings. The molecule has 0 aliphatic rings. The predicted molar refractivity (Wildman–Crippen MR) is 58.3 cm³/mol. The summed E-state index contributed by atoms with van der Waals surface area (Å²) in [5.74, 6) is -1.14. The summed E-state index contributed by atoms with van der Waals surface area (Å²) < 4.78 is 4.43. The maximum atomic E-state index is 10.5. The number of aliphatic hydroxyl groups excluding tert-OH is 2. The van der Waals surface area contributed by atoms with Crippen LogP contribution in [-0.4, -0.2) is 40.9 Å². The summed E-state index contributed by atoms with van der Waals surface area (Å²) in [5, 5.41) is 17.2. The van der Waals surface area contributed by atoms with E-state index in [1.165, 1.54) is 13.8 Å². The molecule has 6 nitrogen and oxygen atoms in total. The van der Waals surface area contributed by atoms with E-state index in [0.717, 1.165) is 0 Å². The van der Waals surface area contributed by atoms with Crippen LogP contribution < -0.4 is 5.73 Å². The molecule has 0 saturated heterocycles. The molecule has 0 aliphatic heterocycles. The summed E-state index contributed by atoms with van der Waals surface area (Å²) >= 11 is 0. The molecule has 0 aliphatic carbocycles. The average molecular weight is 233 g/mol. The van der Waals surface area contributed by atoms with Gasteiger partial charge in [-0.2, -0.15) is 0 Å². The Morgan fingerprint density at radius 3 is 1.94 bits per heavy atom. The summed E-state index contributed by atoms with van der Waals surface area (Å²) in [6, 6.07) is 0. The largest absolute Gasteiger partial charge is 0.461 e. The van der Waals surface area contributed by atoms with Crippen molar-refractivity contribution < 1.29 is 24.5 Å². The summed E-state index contributed by atoms with van der Waals surface area (Å²) in [5.41, 5.74) is 5.09. The molecule has 94 valence electrons. The van der Waals surface area contributed by atoms with Crippen molar-refractivity contribution in [2.24, 2.45) is 5.73 Å². The van der Waals surface area contributed by atoms with Crippen LogP contribution in [-0.2, 0) is 14.3 Å². The molecule has 6 heteroatoms. The molecule has 1 amide bonds. The van der Waals surface area contributed by atoms with Gasteiger partial charge in [-0.1, -0.05) is 6.58 Å². The monoisotopic (exact) mass is 233 g/mol. The number of carbonyl (C=O) groups excluding carboxylic acids is 2. The number of carbonyl (C=O) groups is 2. The molecule has 0 rings (SSSR count). The van der Waals surface area contributed by atoms with Crippen LogP contribution >= 0.6 is 0 Å². The smallest absolute Gasteiger partial charge is 0.334 e. The molecule has 0 radical (unpaired) electrons. The summed E-state index contributed by atoms with van der Waals surface area (Å²) in [7, 11) is 0. The lowest BCUT2D eigenvalue weighted by molar-refractivity contribution is -0.155. The van der Waals surface area contributed by atoms with Gasteiger partial charge < -0.3 is 20.7 Å². The Bertz CT molecular complexity index is 236. The van der Waals surface area contributed by atoms with Crippen molar-refractivity contribution in [1.82, 2.24) is 0 Å². The molecule has 0 fully saturated rings. The lowest BCUT2D eigenvalue weighted by Crippen LogP contribution is -2.23. The van der Waals surface area contributed by atoms with Gasteiger partial charge in [0.1, 0.15) is 12.7 Å². The fraction of sp³-hybridized carbons (Fsp3) is 0.600. The lowest BCUT2D eigenvalue weighted by atomic mass is 10.3. The van der Waals surface area contributed by atoms with E-state index in [9.17, 15) is 9.59 Å². The molecule has 0 heterocycles. The molecule has 2 unspecified atom stereocenters. The number of rotatable bonds is 4. The van der Waals surface area contributed by atoms with E-state index in [0.29, 0.717) is 5.57 Å². The van der Waals surface area contributed by atoms with E-state index >= 15 is 0 Å². The van der Waals surface area contributed by atoms with E-state index in [4.69, 9.17) is 15.9 Å². The first-order chi connectivity index (χ1) is 7.18. The van der Waals surface area contributed by atoms with Gasteiger partial charge in [-0.05, 0) is 20.8 Å². The first-order valence-corrected chi connectivity index (χ1v) is 4.66. The summed E-state index contributed by atoms with van der Waals surface area (Å²) in [6.45, 7) is 7.59. The van der Waals surface area contributed by atoms with Crippen LogP contribution in [0.25, 0.3) is 0 Å². The molecule has 0 aromatic carbocycles. The lowest BCUT2D eigenvalue weighted by Gasteiger charge is -2.07. The van der Waals surface area contributed by atoms with E-state index < -0.39 is 24.1 Å². The molecule has 0 bridgehead atoms. The number of esters is 1. The van der Waals surface area contributed by atoms with Gasteiger partial charge >= 0.3 is 5.97 Å². The second kappa shape index (κ2) is 8.87. The highest BCUT2D eigenvalue weighted by Gasteiger charge is 2.10. The Balaban J connectivity index is 0. The quantitative estimate of drug-likeness (QED) is 0.441. The Hall–Kier alpha value is -1.40. The van der Waals surface area contributed by atoms with Crippen molar-refractivity contribution in [1.29, 1.82) is 0 Å². The minimum absolute atomic E-state index is 0.0657. The molecule has 0 aromatic heterocycles. The molecule has 4 N–H and O–H groups in total. The molecular formula is C10H19NO5. The number of nitrogens with two attached hydrogens (primary N) is 1. The highest BCUT2D eigenvalue weighted by atomic mass is 16.6. The second-order valence-electron chi connectivity index (χ2n) is 3.30. The van der Waals surface area contributed by atoms with Gasteiger partial charge in [0, 0.05) is 5.57 Å². The van der Waals surface area contributed by atoms with Gasteiger partial charge in [0.25, 0.3) is 0 Å². The number of primary amides is 1. The Kier molecular flexibility index (Phi) is 9.43. The first-order valence-electron chi connectivity index (χ1n) is 4.66. The van der Waals surface area contributed by atoms with Crippen LogP contribution in [0.1, 0.15) is 20.8 Å². The standard InChI is InChI=1S/C6H12O4.C4H7NO/c1-4(7)3-10-6(9)5(2)8;1-3(2)4(5)6/h4-5,7-8H,3H2,1-2H3;1H2,2H3,(H2,5,6). The minimum atomic E-state index is -1.11. The summed E-state index contributed by atoms with van der Waals surface area (Å²) in [4.78, 5) is 20.3. The third-order valence-corrected chi connectivity index (χ3v) is 1.23. The van der Waals surface area contributed by atoms with Crippen molar-refractivity contribution in [2.75, 3.05) is 6.61 Å². The second-order valence-corrected chi connectivity index (χ2v) is 3.30. The molecule has 0 saturated carbocycles. The zero-order chi connectivity index (χ0) is 13.3. The third-order valence-electron chi connectivity index (χ3n) is 1.23. The number of aliphatic hydroxyl groups is 2. The first kappa shape index (κ1) is 17.0. The fourth-order valence-corrected chi connectivity index (χ4v) is 0.323. The van der Waals surface area contributed by atoms with Gasteiger partial charge in [-0.3, -0.25) is 4.79 Å². The predicted octanol–water partition coefficient (Wildman–Crippen LogP) is -0.661. The van der Waals surface area contributed by atoms with Gasteiger partial charge in [0.2, 0.25) is 5.91 Å². The van der Waals surface area contributed by atoms with E-state index in [1.54, 1.807) is 6.92 Å². The van der Waals surface area contributed by atoms with E-state index in [-0.39, 0.29) is 6.61 Å². The number of amides is 1. The fourth-order valence-electron chi connectivity index (χ4n) is 0.323. The zero-order valence-electron chi connectivity index (χ0n) is 9.77. The maximum absolute atomic E-state index is 10.5. The van der Waals surface area contributed by atoms with Crippen molar-refractivity contribution in [2.45, 2.75) is 33.0 Å². The number of hydrogen-bond donors (Lipinski definition) is 3. The van der Waals surface area contributed by atoms with Gasteiger partial charge in [-0.25, -0.2) is 4.79 Å². The van der Waals surface area contributed by atoms with E-state index in [1.807, 2.05) is 0 Å². The Morgan fingerprint density at radius 1 is 1.38 bits per heavy atom. The molecular weight excluding hydrogens is 214 g/mol. The van der Waals surface area contributed by atoms with Crippen LogP contribution in [0.2, 0.25) is 0 Å². The molecule has 2 atom stereocenters. The highest BCUT2D eigenvalue weighted by Crippen LogP contribution is 1.88. The van der Waals surface area contributed by atoms with Crippen LogP contribution in [0.5, 0.6) is 0 Å². The number of ether oxygens (including phenoxy) is 1. The van der Waals surface area contributed by atoms with Crippen LogP contribution in [0.15, 0.2) is 12.2 Å². The summed E-state index contributed by atoms with van der Waals surface area (Å²) in [6.07, 6.45) is -1.79. The average Bonchev–Trinajstić information content (AvgIpc) is 2.14. The van der Waals surface area contributed by atoms with Crippen molar-refractivity contribution in [3.05, 3.63) is 12.2 Å². The molecule has 16 heavy (non-hydrogen) atoms. The minimum Gasteiger partial charge on any atom is -0.461 e. The van der Waals surface area contributed by atoms with Crippen LogP contribution in [0.4, 0.5) is 0 Å². The number of hydrogen-bond acceptors (Lipinski definition) is 5. The highest BCUT2D eigenvalue weighted by molar-refractivity contribution is 5.90. The Labute approximate surface area is 94.7 Å². The Morgan fingerprint density at radius 2 is 1.75 bits per heavy atom. The van der Waals surface area contributed by atoms with Crippen LogP contribution in [0, 0.1) is 0 Å². The topological polar surface area (TPSA) is 110 Å². The van der Waals surface area contributed by atoms with Crippen LogP contribution in [0.3, 0.4) is 0 Å². The van der Waals surface area contributed by atoms with Crippen molar-refractivity contribution in [3.8, 4) is 0 Å². The third kappa shape index (κ3) is 12.6. The van der Waals surface area contributed by atoms with Gasteiger partial charge in [0.05, 0.1) is 6.10 Å². The zero-order valence-corrected chi connectivity index (χ0v) is 9.77. The van der Waals surface area contributed by atoms with Crippen molar-refractivity contribution in [3.63, 3.8) is 0 Å². The van der Waals surface area contributed by atoms with Gasteiger partial charge in [-0.15, -0.1) is 0 Å². The SMILES string of the molecule is C=C(C)C(N)=O.CC(O)COC(=O)C(C)O. The maximum Gasteiger partial charge on any atom is 0.334 e. The van der Waals surface area contributed by atoms with Gasteiger partial charge in [0.15, 0.2) is 0 Å². The van der Waals surface area contributed by atoms with Crippen molar-refractivity contribution >= 4 is 11.9 Å².